The Bertz CT molecular complexity index is 1010. The van der Waals surface area contributed by atoms with Gasteiger partial charge in [-0.25, -0.2) is 4.98 Å². The van der Waals surface area contributed by atoms with Crippen molar-refractivity contribution in [2.24, 2.45) is 0 Å². The molecule has 0 amide bonds. The molecule has 0 saturated carbocycles. The lowest BCUT2D eigenvalue weighted by atomic mass is 9.86. The summed E-state index contributed by atoms with van der Waals surface area (Å²) in [6.45, 7) is 6.74. The predicted octanol–water partition coefficient (Wildman–Crippen LogP) is 6.93. The number of aromatic nitrogens is 1. The summed E-state index contributed by atoms with van der Waals surface area (Å²) in [5.41, 5.74) is 5.00. The highest BCUT2D eigenvalue weighted by molar-refractivity contribution is 7.21. The molecule has 4 rings (SSSR count). The maximum atomic E-state index is 4.87. The third-order valence-corrected chi connectivity index (χ3v) is 5.58. The monoisotopic (exact) mass is 343 g/mol. The Labute approximate surface area is 153 Å². The average molecular weight is 343 g/mol. The van der Waals surface area contributed by atoms with Crippen molar-refractivity contribution in [1.82, 2.24) is 4.98 Å². The first-order valence-electron chi connectivity index (χ1n) is 8.58. The lowest BCUT2D eigenvalue weighted by molar-refractivity contribution is 0.590. The molecule has 2 aromatic carbocycles. The highest BCUT2D eigenvalue weighted by Gasteiger charge is 2.14. The zero-order valence-corrected chi connectivity index (χ0v) is 15.6. The van der Waals surface area contributed by atoms with Gasteiger partial charge in [-0.2, -0.15) is 0 Å². The molecule has 0 unspecified atom stereocenters. The maximum Gasteiger partial charge on any atom is 0.124 e. The van der Waals surface area contributed by atoms with Gasteiger partial charge in [-0.1, -0.05) is 75.4 Å². The molecular weight excluding hydrogens is 322 g/mol. The van der Waals surface area contributed by atoms with Crippen LogP contribution in [0.2, 0.25) is 0 Å². The second-order valence-electron chi connectivity index (χ2n) is 7.39. The summed E-state index contributed by atoms with van der Waals surface area (Å²) in [6.07, 6.45) is 0. The van der Waals surface area contributed by atoms with E-state index in [1.807, 2.05) is 6.07 Å². The molecule has 124 valence electrons. The van der Waals surface area contributed by atoms with Crippen molar-refractivity contribution in [2.45, 2.75) is 26.2 Å². The minimum Gasteiger partial charge on any atom is -0.237 e. The minimum absolute atomic E-state index is 0.185. The van der Waals surface area contributed by atoms with Crippen LogP contribution in [0, 0.1) is 0 Å². The highest BCUT2D eigenvalue weighted by Crippen LogP contribution is 2.35. The van der Waals surface area contributed by atoms with Crippen LogP contribution in [0.3, 0.4) is 0 Å². The van der Waals surface area contributed by atoms with Gasteiger partial charge in [0.25, 0.3) is 0 Å². The second-order valence-corrected chi connectivity index (χ2v) is 8.43. The zero-order chi connectivity index (χ0) is 17.4. The fraction of sp³-hybridized carbons (Fsp3) is 0.174. The van der Waals surface area contributed by atoms with Gasteiger partial charge in [-0.15, -0.1) is 11.3 Å². The second kappa shape index (κ2) is 6.12. The molecule has 0 N–H and O–H groups in total. The average Bonchev–Trinajstić information content (AvgIpc) is 3.05. The zero-order valence-electron chi connectivity index (χ0n) is 14.8. The Morgan fingerprint density at radius 3 is 2.16 bits per heavy atom. The van der Waals surface area contributed by atoms with E-state index in [1.165, 1.54) is 21.4 Å². The van der Waals surface area contributed by atoms with Crippen LogP contribution in [0.25, 0.3) is 31.9 Å². The summed E-state index contributed by atoms with van der Waals surface area (Å²) in [5.74, 6) is 0. The summed E-state index contributed by atoms with van der Waals surface area (Å²) in [5, 5.41) is 1.21. The van der Waals surface area contributed by atoms with Crippen molar-refractivity contribution >= 4 is 21.6 Å². The van der Waals surface area contributed by atoms with Gasteiger partial charge in [0.05, 0.1) is 5.69 Å². The van der Waals surface area contributed by atoms with E-state index < -0.39 is 0 Å². The largest absolute Gasteiger partial charge is 0.237 e. The van der Waals surface area contributed by atoms with E-state index in [0.717, 1.165) is 16.1 Å². The maximum absolute atomic E-state index is 4.87. The molecule has 2 heteroatoms. The van der Waals surface area contributed by atoms with Gasteiger partial charge in [0.1, 0.15) is 4.83 Å². The minimum atomic E-state index is 0.185. The van der Waals surface area contributed by atoms with Gasteiger partial charge in [-0.3, -0.25) is 0 Å². The van der Waals surface area contributed by atoms with Gasteiger partial charge in [-0.05, 0) is 34.7 Å². The van der Waals surface area contributed by atoms with Gasteiger partial charge in [0, 0.05) is 15.8 Å². The molecule has 0 aliphatic rings. The predicted molar refractivity (Wildman–Crippen MR) is 109 cm³/mol. The first kappa shape index (κ1) is 16.0. The fourth-order valence-electron chi connectivity index (χ4n) is 2.96. The summed E-state index contributed by atoms with van der Waals surface area (Å²) in [7, 11) is 0. The van der Waals surface area contributed by atoms with E-state index in [1.54, 1.807) is 11.3 Å². The SMILES string of the molecule is CC(C)(C)c1ccc(-c2cc3ccc(-c4ccccc4)nc3s2)cc1. The Hall–Kier alpha value is -2.45. The van der Waals surface area contributed by atoms with E-state index in [-0.39, 0.29) is 5.41 Å². The summed E-state index contributed by atoms with van der Waals surface area (Å²) >= 11 is 1.76. The summed E-state index contributed by atoms with van der Waals surface area (Å²) < 4.78 is 0. The van der Waals surface area contributed by atoms with Gasteiger partial charge in [0.15, 0.2) is 0 Å². The number of rotatable bonds is 2. The number of nitrogens with zero attached hydrogens (tertiary/aromatic N) is 1. The number of thiophene rings is 1. The van der Waals surface area contributed by atoms with Crippen molar-refractivity contribution in [2.75, 3.05) is 0 Å². The van der Waals surface area contributed by atoms with E-state index in [2.05, 4.69) is 87.5 Å². The molecule has 0 radical (unpaired) electrons. The number of hydrogen-bond acceptors (Lipinski definition) is 2. The summed E-state index contributed by atoms with van der Waals surface area (Å²) in [6, 6.07) is 25.8. The molecular formula is C23H21NS. The lowest BCUT2D eigenvalue weighted by Gasteiger charge is -2.18. The number of hydrogen-bond donors (Lipinski definition) is 0. The van der Waals surface area contributed by atoms with E-state index >= 15 is 0 Å². The van der Waals surface area contributed by atoms with Crippen LogP contribution in [0.5, 0.6) is 0 Å². The normalized spacial score (nSPS) is 11.8. The summed E-state index contributed by atoms with van der Waals surface area (Å²) in [4.78, 5) is 7.23. The van der Waals surface area contributed by atoms with Crippen LogP contribution in [-0.2, 0) is 5.41 Å². The van der Waals surface area contributed by atoms with Crippen LogP contribution >= 0.6 is 11.3 Å². The molecule has 2 aromatic heterocycles. The van der Waals surface area contributed by atoms with E-state index in [4.69, 9.17) is 4.98 Å². The molecule has 0 aliphatic heterocycles. The van der Waals surface area contributed by atoms with Crippen LogP contribution in [0.1, 0.15) is 26.3 Å². The van der Waals surface area contributed by atoms with Crippen LogP contribution in [0.15, 0.2) is 72.8 Å². The molecule has 25 heavy (non-hydrogen) atoms. The van der Waals surface area contributed by atoms with E-state index in [9.17, 15) is 0 Å². The number of fused-ring (bicyclic) bond motifs is 1. The van der Waals surface area contributed by atoms with Crippen molar-refractivity contribution in [3.05, 3.63) is 78.4 Å². The topological polar surface area (TPSA) is 12.9 Å². The van der Waals surface area contributed by atoms with E-state index in [0.29, 0.717) is 0 Å². The van der Waals surface area contributed by atoms with Gasteiger partial charge >= 0.3 is 0 Å². The third-order valence-electron chi connectivity index (χ3n) is 4.49. The highest BCUT2D eigenvalue weighted by atomic mass is 32.1. The molecule has 2 heterocycles. The van der Waals surface area contributed by atoms with Crippen LogP contribution in [-0.4, -0.2) is 4.98 Å². The van der Waals surface area contributed by atoms with Gasteiger partial charge in [0.2, 0.25) is 0 Å². The molecule has 1 nitrogen and oxygen atoms in total. The lowest BCUT2D eigenvalue weighted by Crippen LogP contribution is -2.10. The molecule has 0 aliphatic carbocycles. The molecule has 0 atom stereocenters. The third kappa shape index (κ3) is 3.22. The number of pyridine rings is 1. The van der Waals surface area contributed by atoms with Gasteiger partial charge < -0.3 is 0 Å². The first-order valence-corrected chi connectivity index (χ1v) is 9.39. The Morgan fingerprint density at radius 2 is 1.48 bits per heavy atom. The Kier molecular flexibility index (Phi) is 3.93. The number of benzene rings is 2. The fourth-order valence-corrected chi connectivity index (χ4v) is 4.00. The Balaban J connectivity index is 1.72. The first-order chi connectivity index (χ1) is 12.0. The quantitative estimate of drug-likeness (QED) is 0.384. The van der Waals surface area contributed by atoms with Crippen molar-refractivity contribution in [3.63, 3.8) is 0 Å². The molecule has 0 bridgehead atoms. The van der Waals surface area contributed by atoms with Crippen molar-refractivity contribution in [1.29, 1.82) is 0 Å². The molecule has 0 saturated heterocycles. The molecule has 0 fully saturated rings. The molecule has 0 spiro atoms. The molecule has 4 aromatic rings. The van der Waals surface area contributed by atoms with Crippen molar-refractivity contribution < 1.29 is 0 Å². The van der Waals surface area contributed by atoms with Crippen LogP contribution in [0.4, 0.5) is 0 Å². The Morgan fingerprint density at radius 1 is 0.760 bits per heavy atom. The standard InChI is InChI=1S/C23H21NS/c1-23(2,3)19-12-9-17(10-13-19)21-15-18-11-14-20(24-22(18)25-21)16-7-5-4-6-8-16/h4-15H,1-3H3. The smallest absolute Gasteiger partial charge is 0.124 e. The van der Waals surface area contributed by atoms with Crippen LogP contribution < -0.4 is 0 Å². The van der Waals surface area contributed by atoms with Crippen molar-refractivity contribution in [3.8, 4) is 21.7 Å².